The molecule has 0 saturated carbocycles. The molecule has 2 aromatic carbocycles. The standard InChI is InChI=1S/C21H17N5O4S/c22-18-17(24-19(28)15-9-4-10-30-15)20(29)26-21(25-18)31-11-16(27)23-14-8-3-6-12-5-1-2-7-13(12)14/h1-10H,11H2,(H,23,27)(H,24,28)(H3,22,25,26,29). The van der Waals surface area contributed by atoms with E-state index in [1.54, 1.807) is 6.07 Å². The number of nitrogens with one attached hydrogen (secondary N) is 3. The topological polar surface area (TPSA) is 143 Å². The van der Waals surface area contributed by atoms with Crippen molar-refractivity contribution in [1.29, 1.82) is 0 Å². The Kier molecular flexibility index (Phi) is 5.72. The van der Waals surface area contributed by atoms with Crippen LogP contribution in [0.25, 0.3) is 10.8 Å². The third kappa shape index (κ3) is 4.59. The number of carbonyl (C=O) groups excluding carboxylic acids is 2. The van der Waals surface area contributed by atoms with E-state index in [2.05, 4.69) is 20.6 Å². The number of benzene rings is 2. The van der Waals surface area contributed by atoms with Crippen molar-refractivity contribution < 1.29 is 14.0 Å². The zero-order valence-corrected chi connectivity index (χ0v) is 16.9. The SMILES string of the molecule is Nc1nc(SCC(=O)Nc2cccc3ccccc23)[nH]c(=O)c1NC(=O)c1ccco1. The summed E-state index contributed by atoms with van der Waals surface area (Å²) >= 11 is 1.02. The van der Waals surface area contributed by atoms with Crippen LogP contribution < -0.4 is 21.9 Å². The molecule has 0 spiro atoms. The van der Waals surface area contributed by atoms with Crippen molar-refractivity contribution in [3.05, 3.63) is 77.0 Å². The molecular formula is C21H17N5O4S. The Bertz CT molecular complexity index is 1310. The Labute approximate surface area is 180 Å². The fraction of sp³-hybridized carbons (Fsp3) is 0.0476. The van der Waals surface area contributed by atoms with Crippen molar-refractivity contribution in [3.8, 4) is 0 Å². The van der Waals surface area contributed by atoms with Crippen molar-refractivity contribution in [2.24, 2.45) is 0 Å². The molecule has 2 heterocycles. The van der Waals surface area contributed by atoms with Crippen LogP contribution in [0.5, 0.6) is 0 Å². The van der Waals surface area contributed by atoms with Gasteiger partial charge in [0.1, 0.15) is 0 Å². The number of aromatic amines is 1. The number of anilines is 3. The van der Waals surface area contributed by atoms with Crippen LogP contribution in [0.3, 0.4) is 0 Å². The summed E-state index contributed by atoms with van der Waals surface area (Å²) in [5.41, 5.74) is 5.70. The molecule has 156 valence electrons. The summed E-state index contributed by atoms with van der Waals surface area (Å²) in [4.78, 5) is 43.3. The molecule has 2 aromatic heterocycles. The van der Waals surface area contributed by atoms with Crippen molar-refractivity contribution in [3.63, 3.8) is 0 Å². The van der Waals surface area contributed by atoms with Gasteiger partial charge in [-0.05, 0) is 23.6 Å². The molecule has 0 unspecified atom stereocenters. The van der Waals surface area contributed by atoms with Gasteiger partial charge in [0, 0.05) is 11.1 Å². The minimum atomic E-state index is -0.635. The van der Waals surface area contributed by atoms with Gasteiger partial charge in [-0.15, -0.1) is 0 Å². The van der Waals surface area contributed by atoms with E-state index in [9.17, 15) is 14.4 Å². The van der Waals surface area contributed by atoms with Gasteiger partial charge in [-0.1, -0.05) is 48.2 Å². The number of nitrogens with two attached hydrogens (primary N) is 1. The Morgan fingerprint density at radius 3 is 2.65 bits per heavy atom. The smallest absolute Gasteiger partial charge is 0.291 e. The maximum Gasteiger partial charge on any atom is 0.291 e. The monoisotopic (exact) mass is 435 g/mol. The quantitative estimate of drug-likeness (QED) is 0.269. The highest BCUT2D eigenvalue weighted by atomic mass is 32.2. The number of nitrogen functional groups attached to an aromatic ring is 1. The maximum absolute atomic E-state index is 12.4. The highest BCUT2D eigenvalue weighted by Gasteiger charge is 2.16. The molecule has 10 heteroatoms. The van der Waals surface area contributed by atoms with E-state index in [0.29, 0.717) is 5.69 Å². The zero-order valence-electron chi connectivity index (χ0n) is 16.0. The van der Waals surface area contributed by atoms with Crippen LogP contribution >= 0.6 is 11.8 Å². The Balaban J connectivity index is 1.42. The summed E-state index contributed by atoms with van der Waals surface area (Å²) in [6.45, 7) is 0. The van der Waals surface area contributed by atoms with Gasteiger partial charge in [0.25, 0.3) is 11.5 Å². The lowest BCUT2D eigenvalue weighted by molar-refractivity contribution is -0.113. The summed E-state index contributed by atoms with van der Waals surface area (Å²) in [5.74, 6) is -1.02. The molecule has 2 amide bonds. The molecule has 0 aliphatic rings. The third-order valence-electron chi connectivity index (χ3n) is 4.31. The first kappa shape index (κ1) is 20.2. The molecular weight excluding hydrogens is 418 g/mol. The van der Waals surface area contributed by atoms with Crippen LogP contribution in [0.2, 0.25) is 0 Å². The molecule has 0 aliphatic carbocycles. The van der Waals surface area contributed by atoms with E-state index < -0.39 is 11.5 Å². The van der Waals surface area contributed by atoms with Gasteiger partial charge in [0.05, 0.1) is 12.0 Å². The number of aromatic nitrogens is 2. The number of hydrogen-bond donors (Lipinski definition) is 4. The Morgan fingerprint density at radius 1 is 1.06 bits per heavy atom. The van der Waals surface area contributed by atoms with Crippen LogP contribution in [0.15, 0.2) is 75.2 Å². The number of fused-ring (bicyclic) bond motifs is 1. The van der Waals surface area contributed by atoms with Gasteiger partial charge in [-0.2, -0.15) is 0 Å². The highest BCUT2D eigenvalue weighted by molar-refractivity contribution is 7.99. The molecule has 0 aliphatic heterocycles. The number of carbonyl (C=O) groups is 2. The predicted molar refractivity (Wildman–Crippen MR) is 119 cm³/mol. The normalized spacial score (nSPS) is 10.7. The Hall–Kier alpha value is -4.05. The minimum absolute atomic E-state index is 0.00367. The van der Waals surface area contributed by atoms with Crippen LogP contribution in [0.4, 0.5) is 17.2 Å². The maximum atomic E-state index is 12.4. The summed E-state index contributed by atoms with van der Waals surface area (Å²) in [6.07, 6.45) is 1.34. The lowest BCUT2D eigenvalue weighted by atomic mass is 10.1. The lowest BCUT2D eigenvalue weighted by Gasteiger charge is -2.09. The second kappa shape index (κ2) is 8.76. The number of hydrogen-bond acceptors (Lipinski definition) is 7. The fourth-order valence-corrected chi connectivity index (χ4v) is 3.56. The molecule has 31 heavy (non-hydrogen) atoms. The first-order valence-corrected chi connectivity index (χ1v) is 10.1. The van der Waals surface area contributed by atoms with Crippen LogP contribution in [-0.2, 0) is 4.79 Å². The third-order valence-corrected chi connectivity index (χ3v) is 5.19. The molecule has 5 N–H and O–H groups in total. The number of nitrogens with zero attached hydrogens (tertiary/aromatic N) is 1. The van der Waals surface area contributed by atoms with Crippen molar-refractivity contribution in [1.82, 2.24) is 9.97 Å². The van der Waals surface area contributed by atoms with E-state index >= 15 is 0 Å². The molecule has 0 saturated heterocycles. The van der Waals surface area contributed by atoms with Gasteiger partial charge >= 0.3 is 0 Å². The van der Waals surface area contributed by atoms with Crippen molar-refractivity contribution in [2.75, 3.05) is 22.1 Å². The van der Waals surface area contributed by atoms with E-state index in [-0.39, 0.29) is 34.1 Å². The first-order valence-electron chi connectivity index (χ1n) is 9.16. The van der Waals surface area contributed by atoms with Crippen LogP contribution in [0, 0.1) is 0 Å². The summed E-state index contributed by atoms with van der Waals surface area (Å²) in [5, 5.41) is 7.33. The zero-order chi connectivity index (χ0) is 21.8. The van der Waals surface area contributed by atoms with E-state index in [1.165, 1.54) is 12.3 Å². The molecule has 9 nitrogen and oxygen atoms in total. The molecule has 0 radical (unpaired) electrons. The second-order valence-corrected chi connectivity index (χ2v) is 7.39. The second-order valence-electron chi connectivity index (χ2n) is 6.43. The van der Waals surface area contributed by atoms with Crippen molar-refractivity contribution >= 4 is 51.5 Å². The largest absolute Gasteiger partial charge is 0.459 e. The van der Waals surface area contributed by atoms with E-state index in [4.69, 9.17) is 10.2 Å². The molecule has 0 fully saturated rings. The molecule has 4 rings (SSSR count). The molecule has 0 bridgehead atoms. The number of furan rings is 1. The number of amides is 2. The average Bonchev–Trinajstić information content (AvgIpc) is 3.30. The summed E-state index contributed by atoms with van der Waals surface area (Å²) < 4.78 is 4.98. The van der Waals surface area contributed by atoms with Gasteiger partial charge in [0.15, 0.2) is 22.4 Å². The number of rotatable bonds is 6. The minimum Gasteiger partial charge on any atom is -0.459 e. The average molecular weight is 435 g/mol. The van der Waals surface area contributed by atoms with Gasteiger partial charge < -0.3 is 20.8 Å². The van der Waals surface area contributed by atoms with Crippen LogP contribution in [0.1, 0.15) is 10.6 Å². The lowest BCUT2D eigenvalue weighted by Crippen LogP contribution is -2.23. The van der Waals surface area contributed by atoms with E-state index in [0.717, 1.165) is 22.5 Å². The van der Waals surface area contributed by atoms with Gasteiger partial charge in [-0.25, -0.2) is 4.98 Å². The Morgan fingerprint density at radius 2 is 1.87 bits per heavy atom. The van der Waals surface area contributed by atoms with Gasteiger partial charge in [0.2, 0.25) is 5.91 Å². The first-order chi connectivity index (χ1) is 15.0. The molecule has 4 aromatic rings. The van der Waals surface area contributed by atoms with E-state index in [1.807, 2.05) is 42.5 Å². The number of thioether (sulfide) groups is 1. The summed E-state index contributed by atoms with van der Waals surface area (Å²) in [6, 6.07) is 16.4. The van der Waals surface area contributed by atoms with Gasteiger partial charge in [-0.3, -0.25) is 19.4 Å². The highest BCUT2D eigenvalue weighted by Crippen LogP contribution is 2.24. The summed E-state index contributed by atoms with van der Waals surface area (Å²) in [7, 11) is 0. The fourth-order valence-electron chi connectivity index (χ4n) is 2.90. The van der Waals surface area contributed by atoms with Crippen LogP contribution in [-0.4, -0.2) is 27.5 Å². The predicted octanol–water partition coefficient (Wildman–Crippen LogP) is 3.08. The molecule has 0 atom stereocenters. The number of H-pyrrole nitrogens is 1. The van der Waals surface area contributed by atoms with Crippen molar-refractivity contribution in [2.45, 2.75) is 5.16 Å².